The molecule has 0 aliphatic carbocycles. The minimum atomic E-state index is -0.779. The van der Waals surface area contributed by atoms with Crippen LogP contribution in [0.3, 0.4) is 0 Å². The molecule has 3 rings (SSSR count). The molecule has 0 unspecified atom stereocenters. The van der Waals surface area contributed by atoms with Crippen LogP contribution in [0.4, 0.5) is 4.39 Å². The van der Waals surface area contributed by atoms with Gasteiger partial charge in [0.05, 0.1) is 5.75 Å². The molecule has 0 spiro atoms. The van der Waals surface area contributed by atoms with Gasteiger partial charge in [-0.3, -0.25) is 9.59 Å². The van der Waals surface area contributed by atoms with E-state index in [1.807, 2.05) is 62.4 Å². The summed E-state index contributed by atoms with van der Waals surface area (Å²) in [7, 11) is 0. The van der Waals surface area contributed by atoms with Gasteiger partial charge in [-0.25, -0.2) is 4.39 Å². The van der Waals surface area contributed by atoms with Crippen molar-refractivity contribution in [1.29, 1.82) is 0 Å². The summed E-state index contributed by atoms with van der Waals surface area (Å²) in [4.78, 5) is 28.3. The van der Waals surface area contributed by atoms with Crippen LogP contribution in [-0.4, -0.2) is 34.6 Å². The van der Waals surface area contributed by atoms with E-state index in [4.69, 9.17) is 11.6 Å². The van der Waals surface area contributed by atoms with E-state index in [0.717, 1.165) is 11.1 Å². The molecule has 4 nitrogen and oxygen atoms in total. The van der Waals surface area contributed by atoms with Gasteiger partial charge < -0.3 is 10.2 Å². The third kappa shape index (κ3) is 8.41. The Balaban J connectivity index is 1.85. The number of hydrogen-bond donors (Lipinski definition) is 1. The number of carbonyl (C=O) groups is 2. The van der Waals surface area contributed by atoms with Crippen molar-refractivity contribution in [3.8, 4) is 0 Å². The predicted molar refractivity (Wildman–Crippen MR) is 142 cm³/mol. The van der Waals surface area contributed by atoms with Crippen molar-refractivity contribution in [3.63, 3.8) is 0 Å². The lowest BCUT2D eigenvalue weighted by molar-refractivity contribution is -0.139. The molecular weight excluding hydrogens is 483 g/mol. The monoisotopic (exact) mass is 512 g/mol. The minimum absolute atomic E-state index is 0.00620. The smallest absolute Gasteiger partial charge is 0.243 e. The van der Waals surface area contributed by atoms with Gasteiger partial charge >= 0.3 is 0 Å². The summed E-state index contributed by atoms with van der Waals surface area (Å²) < 4.78 is 14.6. The first kappa shape index (κ1) is 26.8. The molecular formula is C28H30ClFN2O2S. The third-order valence-electron chi connectivity index (χ3n) is 5.38. The minimum Gasteiger partial charge on any atom is -0.352 e. The molecule has 0 fully saturated rings. The molecule has 2 amide bonds. The zero-order valence-corrected chi connectivity index (χ0v) is 21.5. The standard InChI is InChI=1S/C28H30ClFN2O2S/c1-20(2)31-28(34)26(16-21-9-4-3-5-10-21)32(17-23-12-6-7-14-25(23)30)27(33)19-35-18-22-11-8-13-24(29)15-22/h3-15,20,26H,16-19H2,1-2H3,(H,31,34)/t26-/m0/s1. The van der Waals surface area contributed by atoms with Gasteiger partial charge in [0.15, 0.2) is 0 Å². The van der Waals surface area contributed by atoms with E-state index >= 15 is 0 Å². The van der Waals surface area contributed by atoms with Crippen LogP contribution >= 0.6 is 23.4 Å². The van der Waals surface area contributed by atoms with Crippen molar-refractivity contribution in [3.05, 3.63) is 106 Å². The second-order valence-electron chi connectivity index (χ2n) is 8.60. The van der Waals surface area contributed by atoms with Gasteiger partial charge in [0.25, 0.3) is 0 Å². The van der Waals surface area contributed by atoms with Gasteiger partial charge in [0.1, 0.15) is 11.9 Å². The Morgan fingerprint density at radius 3 is 2.34 bits per heavy atom. The average molecular weight is 513 g/mol. The Morgan fingerprint density at radius 2 is 1.66 bits per heavy atom. The molecule has 184 valence electrons. The van der Waals surface area contributed by atoms with Crippen LogP contribution in [0.25, 0.3) is 0 Å². The van der Waals surface area contributed by atoms with Gasteiger partial charge in [-0.2, -0.15) is 0 Å². The number of nitrogens with zero attached hydrogens (tertiary/aromatic N) is 1. The maximum Gasteiger partial charge on any atom is 0.243 e. The summed E-state index contributed by atoms with van der Waals surface area (Å²) in [5, 5.41) is 3.58. The average Bonchev–Trinajstić information content (AvgIpc) is 2.82. The van der Waals surface area contributed by atoms with Crippen molar-refractivity contribution in [1.82, 2.24) is 10.2 Å². The fraction of sp³-hybridized carbons (Fsp3) is 0.286. The van der Waals surface area contributed by atoms with Crippen LogP contribution in [0.1, 0.15) is 30.5 Å². The van der Waals surface area contributed by atoms with Crippen LogP contribution < -0.4 is 5.32 Å². The largest absolute Gasteiger partial charge is 0.352 e. The number of amides is 2. The molecule has 0 aliphatic heterocycles. The van der Waals surface area contributed by atoms with Crippen molar-refractivity contribution in [2.45, 2.75) is 44.6 Å². The molecule has 0 radical (unpaired) electrons. The zero-order valence-electron chi connectivity index (χ0n) is 19.9. The Morgan fingerprint density at radius 1 is 0.971 bits per heavy atom. The molecule has 0 saturated heterocycles. The van der Waals surface area contributed by atoms with Crippen LogP contribution in [0.2, 0.25) is 5.02 Å². The number of hydrogen-bond acceptors (Lipinski definition) is 3. The summed E-state index contributed by atoms with van der Waals surface area (Å²) in [6.45, 7) is 3.76. The Labute approximate surface area is 215 Å². The number of carbonyl (C=O) groups excluding carboxylic acids is 2. The van der Waals surface area contributed by atoms with E-state index < -0.39 is 11.9 Å². The second-order valence-corrected chi connectivity index (χ2v) is 10.0. The highest BCUT2D eigenvalue weighted by Gasteiger charge is 2.31. The maximum atomic E-state index is 14.6. The van der Waals surface area contributed by atoms with E-state index in [1.165, 1.54) is 22.7 Å². The first-order valence-electron chi connectivity index (χ1n) is 11.5. The highest BCUT2D eigenvalue weighted by Crippen LogP contribution is 2.21. The van der Waals surface area contributed by atoms with E-state index in [1.54, 1.807) is 24.3 Å². The van der Waals surface area contributed by atoms with Crippen molar-refractivity contribution >= 4 is 35.2 Å². The summed E-state index contributed by atoms with van der Waals surface area (Å²) in [6.07, 6.45) is 0.332. The highest BCUT2D eigenvalue weighted by molar-refractivity contribution is 7.99. The maximum absolute atomic E-state index is 14.6. The fourth-order valence-electron chi connectivity index (χ4n) is 3.71. The van der Waals surface area contributed by atoms with Gasteiger partial charge in [-0.1, -0.05) is 72.3 Å². The topological polar surface area (TPSA) is 49.4 Å². The van der Waals surface area contributed by atoms with Crippen LogP contribution in [0.5, 0.6) is 0 Å². The molecule has 0 heterocycles. The Bertz CT molecular complexity index is 1130. The van der Waals surface area contributed by atoms with Gasteiger partial charge in [-0.15, -0.1) is 11.8 Å². The SMILES string of the molecule is CC(C)NC(=O)[C@H](Cc1ccccc1)N(Cc1ccccc1F)C(=O)CSCc1cccc(Cl)c1. The van der Waals surface area contributed by atoms with Gasteiger partial charge in [0, 0.05) is 35.3 Å². The summed E-state index contributed by atoms with van der Waals surface area (Å²) in [5.41, 5.74) is 2.31. The van der Waals surface area contributed by atoms with Crippen molar-refractivity contribution in [2.24, 2.45) is 0 Å². The lowest BCUT2D eigenvalue weighted by Gasteiger charge is -2.32. The summed E-state index contributed by atoms with van der Waals surface area (Å²) in [6, 6.07) is 22.5. The van der Waals surface area contributed by atoms with Crippen LogP contribution in [0, 0.1) is 5.82 Å². The van der Waals surface area contributed by atoms with Crippen LogP contribution in [-0.2, 0) is 28.3 Å². The number of thioether (sulfide) groups is 1. The second kappa shape index (κ2) is 13.3. The molecule has 0 bridgehead atoms. The van der Waals surface area contributed by atoms with E-state index in [9.17, 15) is 14.0 Å². The molecule has 3 aromatic rings. The van der Waals surface area contributed by atoms with Crippen LogP contribution in [0.15, 0.2) is 78.9 Å². The summed E-state index contributed by atoms with van der Waals surface area (Å²) in [5.74, 6) is -0.129. The molecule has 0 aromatic heterocycles. The molecule has 3 aromatic carbocycles. The Hall–Kier alpha value is -2.83. The highest BCUT2D eigenvalue weighted by atomic mass is 35.5. The van der Waals surface area contributed by atoms with E-state index in [0.29, 0.717) is 22.8 Å². The fourth-order valence-corrected chi connectivity index (χ4v) is 4.78. The zero-order chi connectivity index (χ0) is 25.2. The lowest BCUT2D eigenvalue weighted by Crippen LogP contribution is -2.52. The van der Waals surface area contributed by atoms with Crippen molar-refractivity contribution < 1.29 is 14.0 Å². The first-order chi connectivity index (χ1) is 16.8. The molecule has 1 N–H and O–H groups in total. The van der Waals surface area contributed by atoms with E-state index in [-0.39, 0.29) is 30.2 Å². The molecule has 1 atom stereocenters. The summed E-state index contributed by atoms with van der Waals surface area (Å²) >= 11 is 7.51. The number of nitrogens with one attached hydrogen (secondary N) is 1. The normalized spacial score (nSPS) is 11.8. The van der Waals surface area contributed by atoms with Gasteiger partial charge in [-0.05, 0) is 43.2 Å². The number of halogens is 2. The predicted octanol–water partition coefficient (Wildman–Crippen LogP) is 5.88. The van der Waals surface area contributed by atoms with E-state index in [2.05, 4.69) is 5.32 Å². The van der Waals surface area contributed by atoms with Gasteiger partial charge in [0.2, 0.25) is 11.8 Å². The molecule has 0 saturated carbocycles. The number of rotatable bonds is 11. The molecule has 35 heavy (non-hydrogen) atoms. The quantitative estimate of drug-likeness (QED) is 0.349. The molecule has 0 aliphatic rings. The number of benzene rings is 3. The Kier molecular flexibility index (Phi) is 10.2. The van der Waals surface area contributed by atoms with Crippen molar-refractivity contribution in [2.75, 3.05) is 5.75 Å². The first-order valence-corrected chi connectivity index (χ1v) is 13.1. The molecule has 7 heteroatoms. The lowest BCUT2D eigenvalue weighted by atomic mass is 10.0. The third-order valence-corrected chi connectivity index (χ3v) is 6.61.